The summed E-state index contributed by atoms with van der Waals surface area (Å²) in [7, 11) is 0. The van der Waals surface area contributed by atoms with Gasteiger partial charge in [-0.1, -0.05) is 20.8 Å². The summed E-state index contributed by atoms with van der Waals surface area (Å²) < 4.78 is 14.4. The highest BCUT2D eigenvalue weighted by atomic mass is 35.7. The molecular weight excluding hydrogens is 217 g/mol. The van der Waals surface area contributed by atoms with Crippen LogP contribution in [0.3, 0.4) is 0 Å². The molecule has 0 aromatic rings. The molecule has 0 aromatic heterocycles. The Labute approximate surface area is 93.2 Å². The Morgan fingerprint density at radius 3 is 1.43 bits per heavy atom. The summed E-state index contributed by atoms with van der Waals surface area (Å²) in [5.74, 6) is 0. The summed E-state index contributed by atoms with van der Waals surface area (Å²) >= 11 is 6.25. The highest BCUT2D eigenvalue weighted by molar-refractivity contribution is 7.88. The standard InChI is InChI=1S/C10H23ClNOP/c1-8(2)12(9(3)4)14(11,13)10(5,6)7/h8-9H,1-7H3. The normalized spacial score (nSPS) is 17.9. The Balaban J connectivity index is 5.12. The van der Waals surface area contributed by atoms with E-state index in [0.717, 1.165) is 0 Å². The molecule has 0 aliphatic heterocycles. The van der Waals surface area contributed by atoms with Gasteiger partial charge >= 0.3 is 0 Å². The molecule has 0 fully saturated rings. The number of rotatable bonds is 3. The van der Waals surface area contributed by atoms with Gasteiger partial charge < -0.3 is 0 Å². The Hall–Kier alpha value is 0.480. The quantitative estimate of drug-likeness (QED) is 0.683. The molecule has 0 aliphatic rings. The Kier molecular flexibility index (Phi) is 4.71. The van der Waals surface area contributed by atoms with Crippen molar-refractivity contribution in [3.8, 4) is 0 Å². The van der Waals surface area contributed by atoms with Crippen LogP contribution in [-0.4, -0.2) is 21.9 Å². The Bertz CT molecular complexity index is 225. The molecule has 0 bridgehead atoms. The summed E-state index contributed by atoms with van der Waals surface area (Å²) in [4.78, 5) is 0. The van der Waals surface area contributed by atoms with Crippen molar-refractivity contribution >= 4 is 17.9 Å². The van der Waals surface area contributed by atoms with Crippen LogP contribution in [0.4, 0.5) is 0 Å². The lowest BCUT2D eigenvalue weighted by Gasteiger charge is -2.40. The average molecular weight is 240 g/mol. The minimum Gasteiger partial charge on any atom is -0.288 e. The smallest absolute Gasteiger partial charge is 0.240 e. The van der Waals surface area contributed by atoms with E-state index < -0.39 is 6.65 Å². The topological polar surface area (TPSA) is 20.3 Å². The van der Waals surface area contributed by atoms with Crippen molar-refractivity contribution in [2.45, 2.75) is 65.7 Å². The van der Waals surface area contributed by atoms with Crippen LogP contribution in [0.2, 0.25) is 0 Å². The average Bonchev–Trinajstić information content (AvgIpc) is 1.79. The molecule has 14 heavy (non-hydrogen) atoms. The zero-order valence-electron chi connectivity index (χ0n) is 10.3. The van der Waals surface area contributed by atoms with E-state index in [1.807, 2.05) is 53.1 Å². The third kappa shape index (κ3) is 2.98. The van der Waals surface area contributed by atoms with Gasteiger partial charge in [-0.3, -0.25) is 4.57 Å². The Morgan fingerprint density at radius 2 is 1.36 bits per heavy atom. The van der Waals surface area contributed by atoms with Gasteiger partial charge in [-0.25, -0.2) is 4.67 Å². The second-order valence-corrected chi connectivity index (χ2v) is 9.42. The molecule has 0 aromatic carbocycles. The maximum atomic E-state index is 12.5. The number of halogens is 1. The van der Waals surface area contributed by atoms with Crippen LogP contribution in [0.25, 0.3) is 0 Å². The lowest BCUT2D eigenvalue weighted by atomic mass is 10.3. The van der Waals surface area contributed by atoms with E-state index in [1.54, 1.807) is 0 Å². The molecule has 0 aliphatic carbocycles. The van der Waals surface area contributed by atoms with Gasteiger partial charge in [0, 0.05) is 17.2 Å². The summed E-state index contributed by atoms with van der Waals surface area (Å²) in [6, 6.07) is 0.412. The molecule has 1 unspecified atom stereocenters. The van der Waals surface area contributed by atoms with Crippen molar-refractivity contribution in [1.29, 1.82) is 0 Å². The summed E-state index contributed by atoms with van der Waals surface area (Å²) in [5, 5.41) is -0.372. The monoisotopic (exact) mass is 239 g/mol. The number of hydrogen-bond donors (Lipinski definition) is 0. The molecule has 0 saturated heterocycles. The molecule has 0 heterocycles. The predicted molar refractivity (Wildman–Crippen MR) is 65.3 cm³/mol. The lowest BCUT2D eigenvalue weighted by Crippen LogP contribution is -2.37. The van der Waals surface area contributed by atoms with E-state index in [-0.39, 0.29) is 17.2 Å². The van der Waals surface area contributed by atoms with Crippen LogP contribution in [0.15, 0.2) is 0 Å². The number of hydrogen-bond acceptors (Lipinski definition) is 1. The fourth-order valence-electron chi connectivity index (χ4n) is 1.54. The van der Waals surface area contributed by atoms with Crippen LogP contribution in [0.1, 0.15) is 48.5 Å². The van der Waals surface area contributed by atoms with E-state index in [0.29, 0.717) is 0 Å². The van der Waals surface area contributed by atoms with Crippen LogP contribution >= 0.6 is 17.9 Å². The molecule has 0 saturated carbocycles. The van der Waals surface area contributed by atoms with Crippen molar-refractivity contribution in [3.05, 3.63) is 0 Å². The van der Waals surface area contributed by atoms with Gasteiger partial charge in [0.25, 0.3) is 0 Å². The molecule has 0 radical (unpaired) electrons. The summed E-state index contributed by atoms with van der Waals surface area (Å²) in [6.45, 7) is 11.1. The van der Waals surface area contributed by atoms with Crippen LogP contribution in [0.5, 0.6) is 0 Å². The van der Waals surface area contributed by atoms with Gasteiger partial charge in [0.2, 0.25) is 6.65 Å². The third-order valence-electron chi connectivity index (χ3n) is 2.18. The maximum Gasteiger partial charge on any atom is 0.240 e. The van der Waals surface area contributed by atoms with E-state index >= 15 is 0 Å². The van der Waals surface area contributed by atoms with Gasteiger partial charge in [-0.2, -0.15) is 0 Å². The molecule has 86 valence electrons. The van der Waals surface area contributed by atoms with E-state index in [4.69, 9.17) is 11.2 Å². The highest BCUT2D eigenvalue weighted by Crippen LogP contribution is 2.66. The molecule has 0 N–H and O–H groups in total. The van der Waals surface area contributed by atoms with Crippen LogP contribution < -0.4 is 0 Å². The fraction of sp³-hybridized carbons (Fsp3) is 1.00. The largest absolute Gasteiger partial charge is 0.288 e. The highest BCUT2D eigenvalue weighted by Gasteiger charge is 2.42. The van der Waals surface area contributed by atoms with E-state index in [1.165, 1.54) is 0 Å². The van der Waals surface area contributed by atoms with Gasteiger partial charge in [0.15, 0.2) is 0 Å². The molecule has 4 heteroatoms. The minimum absolute atomic E-state index is 0.206. The predicted octanol–water partition coefficient (Wildman–Crippen LogP) is 4.34. The van der Waals surface area contributed by atoms with Crippen molar-refractivity contribution in [2.75, 3.05) is 0 Å². The van der Waals surface area contributed by atoms with Crippen molar-refractivity contribution in [2.24, 2.45) is 0 Å². The third-order valence-corrected chi connectivity index (χ3v) is 7.40. The first kappa shape index (κ1) is 14.5. The molecule has 2 nitrogen and oxygen atoms in total. The molecule has 0 rings (SSSR count). The van der Waals surface area contributed by atoms with Gasteiger partial charge in [-0.05, 0) is 38.9 Å². The zero-order valence-corrected chi connectivity index (χ0v) is 12.0. The second-order valence-electron chi connectivity index (χ2n) is 5.24. The van der Waals surface area contributed by atoms with Gasteiger partial charge in [0.05, 0.1) is 0 Å². The summed E-state index contributed by atoms with van der Waals surface area (Å²) in [5.41, 5.74) is 0. The van der Waals surface area contributed by atoms with E-state index in [9.17, 15) is 4.57 Å². The van der Waals surface area contributed by atoms with Crippen molar-refractivity contribution in [3.63, 3.8) is 0 Å². The number of nitrogens with zero attached hydrogens (tertiary/aromatic N) is 1. The zero-order chi connectivity index (χ0) is 11.7. The first-order valence-corrected chi connectivity index (χ1v) is 7.67. The molecule has 0 amide bonds. The van der Waals surface area contributed by atoms with Gasteiger partial charge in [0.1, 0.15) is 0 Å². The second kappa shape index (κ2) is 4.55. The lowest BCUT2D eigenvalue weighted by molar-refractivity contribution is 0.297. The molecule has 0 spiro atoms. The van der Waals surface area contributed by atoms with Gasteiger partial charge in [-0.15, -0.1) is 0 Å². The molecule has 1 atom stereocenters. The Morgan fingerprint density at radius 1 is 1.07 bits per heavy atom. The SMILES string of the molecule is CC(C)N(C(C)C)P(=O)(Cl)C(C)(C)C. The molecular formula is C10H23ClNOP. The van der Waals surface area contributed by atoms with Crippen molar-refractivity contribution < 1.29 is 4.57 Å². The van der Waals surface area contributed by atoms with Crippen LogP contribution in [0, 0.1) is 0 Å². The van der Waals surface area contributed by atoms with Crippen LogP contribution in [-0.2, 0) is 4.57 Å². The first-order valence-electron chi connectivity index (χ1n) is 5.10. The minimum atomic E-state index is -2.79. The fourth-order valence-corrected chi connectivity index (χ4v) is 4.47. The van der Waals surface area contributed by atoms with E-state index in [2.05, 4.69) is 0 Å². The maximum absolute atomic E-state index is 12.5. The van der Waals surface area contributed by atoms with Crippen molar-refractivity contribution in [1.82, 2.24) is 4.67 Å². The summed E-state index contributed by atoms with van der Waals surface area (Å²) in [6.07, 6.45) is 0. The first-order chi connectivity index (χ1) is 6.01.